The van der Waals surface area contributed by atoms with Gasteiger partial charge in [-0.1, -0.05) is 23.7 Å². The van der Waals surface area contributed by atoms with Gasteiger partial charge in [-0.3, -0.25) is 14.4 Å². The van der Waals surface area contributed by atoms with Gasteiger partial charge in [-0.15, -0.1) is 0 Å². The molecule has 142 valence electrons. The van der Waals surface area contributed by atoms with E-state index in [0.29, 0.717) is 31.0 Å². The monoisotopic (exact) mass is 389 g/mol. The molecule has 0 radical (unpaired) electrons. The van der Waals surface area contributed by atoms with E-state index >= 15 is 0 Å². The van der Waals surface area contributed by atoms with Crippen molar-refractivity contribution in [3.05, 3.63) is 63.0 Å². The number of primary amides is 1. The number of carbonyl (C=O) groups excluding carboxylic acids is 2. The minimum absolute atomic E-state index is 0.133. The van der Waals surface area contributed by atoms with Gasteiger partial charge in [-0.25, -0.2) is 0 Å². The molecule has 0 atom stereocenters. The first-order valence-electron chi connectivity index (χ1n) is 8.62. The Bertz CT molecular complexity index is 887. The van der Waals surface area contributed by atoms with Gasteiger partial charge in [0.1, 0.15) is 12.3 Å². The van der Waals surface area contributed by atoms with Crippen LogP contribution in [-0.4, -0.2) is 34.8 Å². The lowest BCUT2D eigenvalue weighted by Gasteiger charge is -2.30. The molecule has 1 fully saturated rings. The molecule has 0 saturated carbocycles. The number of hydrogen-bond donors (Lipinski definition) is 2. The second-order valence-electron chi connectivity index (χ2n) is 6.46. The second kappa shape index (κ2) is 8.26. The fourth-order valence-electron chi connectivity index (χ4n) is 2.97. The quantitative estimate of drug-likeness (QED) is 0.815. The van der Waals surface area contributed by atoms with Crippen LogP contribution in [0.4, 0.5) is 0 Å². The van der Waals surface area contributed by atoms with Crippen LogP contribution in [0.25, 0.3) is 0 Å². The van der Waals surface area contributed by atoms with Crippen LogP contribution in [0.15, 0.2) is 41.3 Å². The second-order valence-corrected chi connectivity index (χ2v) is 6.90. The number of piperidine rings is 1. The van der Waals surface area contributed by atoms with Crippen molar-refractivity contribution in [2.75, 3.05) is 13.1 Å². The first kappa shape index (κ1) is 19.0. The number of hydrogen-bond acceptors (Lipinski definition) is 4. The number of pyridine rings is 1. The van der Waals surface area contributed by atoms with Crippen LogP contribution in [0.5, 0.6) is 5.75 Å². The maximum atomic E-state index is 12.5. The molecule has 1 saturated heterocycles. The third kappa shape index (κ3) is 4.68. The summed E-state index contributed by atoms with van der Waals surface area (Å²) in [5.41, 5.74) is 5.99. The van der Waals surface area contributed by atoms with E-state index in [1.54, 1.807) is 17.0 Å². The van der Waals surface area contributed by atoms with E-state index < -0.39 is 0 Å². The number of ether oxygens (including phenoxy) is 1. The van der Waals surface area contributed by atoms with Crippen LogP contribution in [0.3, 0.4) is 0 Å². The Labute approximate surface area is 161 Å². The lowest BCUT2D eigenvalue weighted by Crippen LogP contribution is -2.42. The fourth-order valence-corrected chi connectivity index (χ4v) is 3.10. The Morgan fingerprint density at radius 1 is 1.22 bits per heavy atom. The van der Waals surface area contributed by atoms with Gasteiger partial charge in [0.15, 0.2) is 5.75 Å². The molecule has 3 N–H and O–H groups in total. The third-order valence-corrected chi connectivity index (χ3v) is 4.85. The number of rotatable bonds is 5. The van der Waals surface area contributed by atoms with Gasteiger partial charge in [-0.2, -0.15) is 0 Å². The number of amides is 2. The predicted octanol–water partition coefficient (Wildman–Crippen LogP) is 1.94. The zero-order chi connectivity index (χ0) is 19.4. The van der Waals surface area contributed by atoms with E-state index in [0.717, 1.165) is 5.56 Å². The molecule has 1 aromatic heterocycles. The Hall–Kier alpha value is -2.80. The molecule has 0 spiro atoms. The van der Waals surface area contributed by atoms with Crippen molar-refractivity contribution in [1.82, 2.24) is 9.88 Å². The highest BCUT2D eigenvalue weighted by molar-refractivity contribution is 6.30. The van der Waals surface area contributed by atoms with Crippen molar-refractivity contribution in [2.45, 2.75) is 19.4 Å². The summed E-state index contributed by atoms with van der Waals surface area (Å²) in [5, 5.41) is 0.624. The Morgan fingerprint density at radius 2 is 1.89 bits per heavy atom. The standard InChI is InChI=1S/C19H20ClN3O4/c20-14-3-1-12(2-4-14)11-27-17-10-22-15(9-16(17)24)19(26)23-7-5-13(6-8-23)18(21)25/h1-4,9-10,13H,5-8,11H2,(H2,21,25)(H,22,24). The summed E-state index contributed by atoms with van der Waals surface area (Å²) in [6.07, 6.45) is 2.46. The molecule has 1 aromatic carbocycles. The molecule has 3 rings (SSSR count). The molecule has 0 aliphatic carbocycles. The number of likely N-dealkylation sites (tertiary alicyclic amines) is 1. The Morgan fingerprint density at radius 3 is 2.48 bits per heavy atom. The van der Waals surface area contributed by atoms with E-state index in [1.165, 1.54) is 12.3 Å². The number of benzene rings is 1. The van der Waals surface area contributed by atoms with Crippen molar-refractivity contribution < 1.29 is 14.3 Å². The molecule has 1 aliphatic rings. The van der Waals surface area contributed by atoms with E-state index in [4.69, 9.17) is 22.1 Å². The van der Waals surface area contributed by atoms with E-state index in [-0.39, 0.29) is 41.2 Å². The maximum absolute atomic E-state index is 12.5. The van der Waals surface area contributed by atoms with Gasteiger partial charge in [0, 0.05) is 36.3 Å². The van der Waals surface area contributed by atoms with Crippen molar-refractivity contribution in [3.63, 3.8) is 0 Å². The summed E-state index contributed by atoms with van der Waals surface area (Å²) < 4.78 is 5.52. The zero-order valence-corrected chi connectivity index (χ0v) is 15.4. The number of nitrogens with zero attached hydrogens (tertiary/aromatic N) is 1. The number of halogens is 1. The molecule has 1 aliphatic heterocycles. The Balaban J connectivity index is 1.62. The molecule has 2 heterocycles. The lowest BCUT2D eigenvalue weighted by atomic mass is 9.96. The summed E-state index contributed by atoms with van der Waals surface area (Å²) in [5.74, 6) is -0.678. The third-order valence-electron chi connectivity index (χ3n) is 4.60. The van der Waals surface area contributed by atoms with E-state index in [1.807, 2.05) is 12.1 Å². The normalized spacial score (nSPS) is 14.8. The van der Waals surface area contributed by atoms with Crippen LogP contribution in [-0.2, 0) is 11.4 Å². The van der Waals surface area contributed by atoms with E-state index in [9.17, 15) is 14.4 Å². The first-order valence-corrected chi connectivity index (χ1v) is 9.00. The molecule has 2 aromatic rings. The largest absolute Gasteiger partial charge is 0.483 e. The molecule has 7 nitrogen and oxygen atoms in total. The number of aromatic nitrogens is 1. The summed E-state index contributed by atoms with van der Waals surface area (Å²) in [4.78, 5) is 40.4. The molecule has 2 amide bonds. The van der Waals surface area contributed by atoms with Gasteiger partial charge in [0.2, 0.25) is 11.3 Å². The molecule has 27 heavy (non-hydrogen) atoms. The van der Waals surface area contributed by atoms with Crippen LogP contribution < -0.4 is 15.9 Å². The van der Waals surface area contributed by atoms with Crippen molar-refractivity contribution in [3.8, 4) is 5.75 Å². The topological polar surface area (TPSA) is 105 Å². The first-order chi connectivity index (χ1) is 12.9. The average Bonchev–Trinajstić information content (AvgIpc) is 2.67. The predicted molar refractivity (Wildman–Crippen MR) is 101 cm³/mol. The summed E-state index contributed by atoms with van der Waals surface area (Å²) in [6.45, 7) is 1.08. The highest BCUT2D eigenvalue weighted by atomic mass is 35.5. The number of carbonyl (C=O) groups is 2. The van der Waals surface area contributed by atoms with Crippen LogP contribution >= 0.6 is 11.6 Å². The van der Waals surface area contributed by atoms with Crippen molar-refractivity contribution in [2.24, 2.45) is 11.7 Å². The lowest BCUT2D eigenvalue weighted by molar-refractivity contribution is -0.123. The number of H-pyrrole nitrogens is 1. The molecular weight excluding hydrogens is 370 g/mol. The SMILES string of the molecule is NC(=O)C1CCN(C(=O)c2cc(=O)c(OCc3ccc(Cl)cc3)c[nH]2)CC1. The van der Waals surface area contributed by atoms with Crippen LogP contribution in [0.1, 0.15) is 28.9 Å². The highest BCUT2D eigenvalue weighted by Crippen LogP contribution is 2.18. The fraction of sp³-hybridized carbons (Fsp3) is 0.316. The number of nitrogens with two attached hydrogens (primary N) is 1. The highest BCUT2D eigenvalue weighted by Gasteiger charge is 2.27. The summed E-state index contributed by atoms with van der Waals surface area (Å²) in [6, 6.07) is 8.34. The molecule has 0 unspecified atom stereocenters. The van der Waals surface area contributed by atoms with Gasteiger partial charge in [-0.05, 0) is 30.5 Å². The number of nitrogens with one attached hydrogen (secondary N) is 1. The van der Waals surface area contributed by atoms with Gasteiger partial charge < -0.3 is 20.4 Å². The van der Waals surface area contributed by atoms with Crippen LogP contribution in [0.2, 0.25) is 5.02 Å². The smallest absolute Gasteiger partial charge is 0.270 e. The van der Waals surface area contributed by atoms with Crippen LogP contribution in [0, 0.1) is 5.92 Å². The maximum Gasteiger partial charge on any atom is 0.270 e. The summed E-state index contributed by atoms with van der Waals surface area (Å²) >= 11 is 5.83. The van der Waals surface area contributed by atoms with E-state index in [2.05, 4.69) is 4.98 Å². The molecular formula is C19H20ClN3O4. The van der Waals surface area contributed by atoms with Gasteiger partial charge in [0.05, 0.1) is 0 Å². The molecule has 0 bridgehead atoms. The van der Waals surface area contributed by atoms with Gasteiger partial charge in [0.25, 0.3) is 5.91 Å². The Kier molecular flexibility index (Phi) is 5.81. The average molecular weight is 390 g/mol. The minimum Gasteiger partial charge on any atom is -0.483 e. The van der Waals surface area contributed by atoms with Gasteiger partial charge >= 0.3 is 0 Å². The summed E-state index contributed by atoms with van der Waals surface area (Å²) in [7, 11) is 0. The van der Waals surface area contributed by atoms with Crippen molar-refractivity contribution in [1.29, 1.82) is 0 Å². The number of aromatic amines is 1. The minimum atomic E-state index is -0.377. The zero-order valence-electron chi connectivity index (χ0n) is 14.6. The van der Waals surface area contributed by atoms with Crippen molar-refractivity contribution >= 4 is 23.4 Å². The molecule has 8 heteroatoms.